The lowest BCUT2D eigenvalue weighted by Gasteiger charge is -2.31. The van der Waals surface area contributed by atoms with Crippen molar-refractivity contribution in [2.75, 3.05) is 56.1 Å². The molecule has 0 spiro atoms. The number of likely N-dealkylation sites (tertiary alicyclic amines) is 2. The molecule has 2 unspecified atom stereocenters. The normalized spacial score (nSPS) is 21.6. The molecule has 12 nitrogen and oxygen atoms in total. The van der Waals surface area contributed by atoms with Gasteiger partial charge >= 0.3 is 6.03 Å². The van der Waals surface area contributed by atoms with Gasteiger partial charge < -0.3 is 19.9 Å². The molecule has 2 atom stereocenters. The van der Waals surface area contributed by atoms with Gasteiger partial charge in [-0.25, -0.2) is 31.5 Å². The zero-order chi connectivity index (χ0) is 39.9. The van der Waals surface area contributed by atoms with Crippen molar-refractivity contribution in [3.63, 3.8) is 0 Å². The highest BCUT2D eigenvalue weighted by Crippen LogP contribution is 2.40. The first-order valence-corrected chi connectivity index (χ1v) is 24.4. The summed E-state index contributed by atoms with van der Waals surface area (Å²) >= 11 is 0. The van der Waals surface area contributed by atoms with E-state index in [1.54, 1.807) is 0 Å². The number of amides is 2. The smallest absolute Gasteiger partial charge is 0.332 e. The van der Waals surface area contributed by atoms with Crippen LogP contribution in [0.4, 0.5) is 10.5 Å². The van der Waals surface area contributed by atoms with Crippen LogP contribution in [0.1, 0.15) is 110 Å². The number of hydrogen-bond acceptors (Lipinski definition) is 9. The Morgan fingerprint density at radius 3 is 1.62 bits per heavy atom. The Morgan fingerprint density at radius 2 is 1.18 bits per heavy atom. The summed E-state index contributed by atoms with van der Waals surface area (Å²) < 4.78 is 54.3. The lowest BCUT2D eigenvalue weighted by Crippen LogP contribution is -2.42. The number of urea groups is 1. The van der Waals surface area contributed by atoms with Crippen LogP contribution in [-0.4, -0.2) is 83.4 Å². The number of nitrogens with two attached hydrogens (primary N) is 1. The fourth-order valence-electron chi connectivity index (χ4n) is 10.0. The number of anilines is 1. The predicted molar refractivity (Wildman–Crippen MR) is 221 cm³/mol. The van der Waals surface area contributed by atoms with E-state index in [4.69, 9.17) is 15.1 Å². The van der Waals surface area contributed by atoms with Gasteiger partial charge in [-0.2, -0.15) is 0 Å². The molecule has 0 aromatic heterocycles. The third-order valence-electron chi connectivity index (χ3n) is 12.5. The molecule has 2 aromatic rings. The predicted octanol–water partition coefficient (Wildman–Crippen LogP) is 5.38. The van der Waals surface area contributed by atoms with Crippen LogP contribution in [0.15, 0.2) is 12.1 Å². The Labute approximate surface area is 335 Å². The van der Waals surface area contributed by atoms with Crippen molar-refractivity contribution in [1.82, 2.24) is 14.5 Å². The lowest BCUT2D eigenvalue weighted by molar-refractivity contribution is 0.193. The minimum Gasteiger partial charge on any atom is -0.387 e. The molecular weight excluding hydrogens is 749 g/mol. The Kier molecular flexibility index (Phi) is 14.4. The molecule has 2 saturated heterocycles. The number of carbonyl (C=O) groups is 1. The van der Waals surface area contributed by atoms with E-state index in [2.05, 4.69) is 45.8 Å². The standard InChI is InChI=1S/C21H31N3O3S.C13H13NO.C8H18N2O2S/c1-2-24-11-5-6-15(13-24)14-28(26,27)23-21(25)22-20-18-9-3-7-16(18)12-17-8-4-10-19(17)20;14-8-15-13-11-5-1-3-9(11)7-10-4-2-6-12(10)13;1-2-10-5-3-4-8(6-10)7-13(9,11)12/h12,15H,2-11,13-14H2,1H3,(H2,22,23,25);7H,1-6H2;8H,2-7H2,1H3,(H2,9,11,12). The number of nitrogens with one attached hydrogen (secondary N) is 2. The molecule has 0 saturated carbocycles. The number of piperidine rings is 2. The highest BCUT2D eigenvalue weighted by molar-refractivity contribution is 7.90. The molecule has 0 radical (unpaired) electrons. The van der Waals surface area contributed by atoms with Gasteiger partial charge in [0, 0.05) is 18.8 Å². The van der Waals surface area contributed by atoms with Crippen LogP contribution in [0, 0.1) is 23.4 Å². The third kappa shape index (κ3) is 11.0. The van der Waals surface area contributed by atoms with Gasteiger partial charge in [-0.05, 0) is 185 Å². The van der Waals surface area contributed by atoms with Gasteiger partial charge in [0.15, 0.2) is 0 Å². The van der Waals surface area contributed by atoms with Crippen LogP contribution in [0.2, 0.25) is 0 Å². The van der Waals surface area contributed by atoms with E-state index in [0.717, 1.165) is 141 Å². The largest absolute Gasteiger partial charge is 0.387 e. The molecule has 2 heterocycles. The Bertz CT molecular complexity index is 1930. The second kappa shape index (κ2) is 19.0. The first-order valence-electron chi connectivity index (χ1n) is 21.0. The minimum absolute atomic E-state index is 0.0158. The summed E-state index contributed by atoms with van der Waals surface area (Å²) in [4.78, 5) is 17.1. The van der Waals surface area contributed by atoms with Gasteiger partial charge in [0.05, 0.1) is 11.5 Å². The number of nitriles is 1. The molecule has 2 aromatic carbocycles. The average molecular weight is 811 g/mol. The summed E-state index contributed by atoms with van der Waals surface area (Å²) in [6, 6.07) is 4.03. The number of rotatable bonds is 9. The van der Waals surface area contributed by atoms with E-state index in [0.29, 0.717) is 0 Å². The summed E-state index contributed by atoms with van der Waals surface area (Å²) in [6.45, 7) is 9.93. The second-order valence-electron chi connectivity index (χ2n) is 16.6. The molecule has 0 bridgehead atoms. The zero-order valence-electron chi connectivity index (χ0n) is 33.5. The first kappa shape index (κ1) is 42.4. The SMILES string of the molecule is CCN1CCCC(CS(=O)(=O)NC(=O)Nc2c3c(cc4c2CCC4)CCC3)C1.CCN1CCCC(CS(N)(=O)=O)C1.N#COc1c2c(cc3c1CCC3)CCC2. The van der Waals surface area contributed by atoms with Crippen molar-refractivity contribution < 1.29 is 26.4 Å². The Morgan fingerprint density at radius 1 is 0.732 bits per heavy atom. The lowest BCUT2D eigenvalue weighted by atomic mass is 9.99. The topological polar surface area (TPSA) is 175 Å². The Hall–Kier alpha value is -3.22. The van der Waals surface area contributed by atoms with Gasteiger partial charge in [-0.3, -0.25) is 0 Å². The van der Waals surface area contributed by atoms with Gasteiger partial charge in [0.25, 0.3) is 6.26 Å². The molecule has 308 valence electrons. The maximum Gasteiger partial charge on any atom is 0.332 e. The van der Waals surface area contributed by atoms with E-state index in [9.17, 15) is 21.6 Å². The van der Waals surface area contributed by atoms with Crippen molar-refractivity contribution in [1.29, 1.82) is 5.26 Å². The number of ether oxygens (including phenoxy) is 1. The molecular formula is C42H62N6O6S2. The van der Waals surface area contributed by atoms with E-state index < -0.39 is 26.1 Å². The highest BCUT2D eigenvalue weighted by atomic mass is 32.2. The minimum atomic E-state index is -3.65. The van der Waals surface area contributed by atoms with Crippen LogP contribution in [-0.2, 0) is 71.4 Å². The van der Waals surface area contributed by atoms with Crippen LogP contribution in [0.3, 0.4) is 0 Å². The first-order chi connectivity index (χ1) is 26.9. The summed E-state index contributed by atoms with van der Waals surface area (Å²) in [7, 11) is -6.93. The molecule has 2 aliphatic heterocycles. The molecule has 4 aliphatic carbocycles. The summed E-state index contributed by atoms with van der Waals surface area (Å²) in [5, 5.41) is 16.6. The van der Waals surface area contributed by atoms with Crippen molar-refractivity contribution in [2.45, 2.75) is 117 Å². The monoisotopic (exact) mass is 810 g/mol. The maximum absolute atomic E-state index is 12.6. The van der Waals surface area contributed by atoms with Gasteiger partial charge in [-0.15, -0.1) is 5.26 Å². The molecule has 2 fully saturated rings. The van der Waals surface area contributed by atoms with Crippen LogP contribution < -0.4 is 19.9 Å². The number of nitrogens with zero attached hydrogens (tertiary/aromatic N) is 3. The van der Waals surface area contributed by atoms with Crippen molar-refractivity contribution in [3.05, 3.63) is 56.6 Å². The molecule has 6 aliphatic rings. The van der Waals surface area contributed by atoms with E-state index in [1.807, 2.05) is 6.26 Å². The van der Waals surface area contributed by atoms with E-state index in [-0.39, 0.29) is 23.3 Å². The fourth-order valence-corrected chi connectivity index (χ4v) is 12.2. The van der Waals surface area contributed by atoms with E-state index in [1.165, 1.54) is 57.3 Å². The fraction of sp³-hybridized carbons (Fsp3) is 0.667. The molecule has 14 heteroatoms. The van der Waals surface area contributed by atoms with Crippen LogP contribution >= 0.6 is 0 Å². The molecule has 56 heavy (non-hydrogen) atoms. The van der Waals surface area contributed by atoms with Gasteiger partial charge in [0.1, 0.15) is 5.75 Å². The van der Waals surface area contributed by atoms with E-state index >= 15 is 0 Å². The summed E-state index contributed by atoms with van der Waals surface area (Å²) in [6.07, 6.45) is 19.0. The zero-order valence-corrected chi connectivity index (χ0v) is 35.1. The van der Waals surface area contributed by atoms with Crippen molar-refractivity contribution in [3.8, 4) is 12.0 Å². The summed E-state index contributed by atoms with van der Waals surface area (Å²) in [5.74, 6) is 1.39. The van der Waals surface area contributed by atoms with Crippen molar-refractivity contribution in [2.24, 2.45) is 17.0 Å². The third-order valence-corrected chi connectivity index (χ3v) is 14.9. The summed E-state index contributed by atoms with van der Waals surface area (Å²) in [5.41, 5.74) is 11.4. The highest BCUT2D eigenvalue weighted by Gasteiger charge is 2.29. The number of benzene rings is 2. The average Bonchev–Trinajstić information content (AvgIpc) is 3.99. The number of hydrogen-bond donors (Lipinski definition) is 3. The second-order valence-corrected chi connectivity index (χ2v) is 20.0. The number of aryl methyl sites for hydroxylation is 4. The van der Waals surface area contributed by atoms with Gasteiger partial charge in [-0.1, -0.05) is 26.0 Å². The number of primary sulfonamides is 1. The number of sulfonamides is 2. The van der Waals surface area contributed by atoms with Crippen molar-refractivity contribution >= 4 is 31.8 Å². The van der Waals surface area contributed by atoms with Gasteiger partial charge in [0.2, 0.25) is 20.0 Å². The molecule has 2 amide bonds. The van der Waals surface area contributed by atoms with Crippen LogP contribution in [0.25, 0.3) is 0 Å². The molecule has 4 N–H and O–H groups in total. The molecule has 8 rings (SSSR count). The number of carbonyl (C=O) groups excluding carboxylic acids is 1. The van der Waals surface area contributed by atoms with Crippen LogP contribution in [0.5, 0.6) is 5.75 Å². The Balaban J connectivity index is 0.000000159. The maximum atomic E-state index is 12.6. The number of fused-ring (bicyclic) bond motifs is 4. The quantitative estimate of drug-likeness (QED) is 0.281.